The van der Waals surface area contributed by atoms with Gasteiger partial charge in [0.05, 0.1) is 33.5 Å². The van der Waals surface area contributed by atoms with E-state index in [9.17, 15) is 28.1 Å². The molecule has 0 spiro atoms. The van der Waals surface area contributed by atoms with Crippen LogP contribution in [0.1, 0.15) is 35.7 Å². The van der Waals surface area contributed by atoms with E-state index in [-0.39, 0.29) is 55.3 Å². The van der Waals surface area contributed by atoms with Gasteiger partial charge in [-0.05, 0) is 50.1 Å². The standard InChI is InChI=1S/C22H24N2O8S/c1-2-31-21(25)16-7-9-19(10-8-16)33(29,30)23-13-11-17(12-14-23)22(26)32-15-18-5-3-4-6-20(18)24(27)28/h3-10,17H,2,11-15H2,1H3. The maximum Gasteiger partial charge on any atom is 0.338 e. The smallest absolute Gasteiger partial charge is 0.338 e. The second kappa shape index (κ2) is 10.5. The number of rotatable bonds is 8. The van der Waals surface area contributed by atoms with Crippen molar-refractivity contribution < 1.29 is 32.4 Å². The molecule has 0 atom stereocenters. The van der Waals surface area contributed by atoms with Crippen molar-refractivity contribution in [2.45, 2.75) is 31.3 Å². The van der Waals surface area contributed by atoms with Crippen molar-refractivity contribution in [1.82, 2.24) is 4.31 Å². The number of sulfonamides is 1. The molecule has 10 nitrogen and oxygen atoms in total. The first kappa shape index (κ1) is 24.3. The summed E-state index contributed by atoms with van der Waals surface area (Å²) in [4.78, 5) is 34.8. The number of nitro groups is 1. The summed E-state index contributed by atoms with van der Waals surface area (Å²) in [6, 6.07) is 11.5. The summed E-state index contributed by atoms with van der Waals surface area (Å²) in [5.41, 5.74) is 0.429. The average Bonchev–Trinajstić information content (AvgIpc) is 2.83. The maximum atomic E-state index is 12.9. The molecule has 1 heterocycles. The molecule has 33 heavy (non-hydrogen) atoms. The molecule has 0 radical (unpaired) electrons. The number of esters is 2. The van der Waals surface area contributed by atoms with Gasteiger partial charge in [-0.1, -0.05) is 12.1 Å². The second-order valence-corrected chi connectivity index (χ2v) is 9.35. The van der Waals surface area contributed by atoms with E-state index < -0.39 is 32.8 Å². The van der Waals surface area contributed by atoms with Crippen LogP contribution in [-0.2, 0) is 30.9 Å². The number of hydrogen-bond acceptors (Lipinski definition) is 8. The van der Waals surface area contributed by atoms with Crippen molar-refractivity contribution in [3.63, 3.8) is 0 Å². The van der Waals surface area contributed by atoms with E-state index in [0.29, 0.717) is 5.56 Å². The summed E-state index contributed by atoms with van der Waals surface area (Å²) >= 11 is 0. The zero-order valence-corrected chi connectivity index (χ0v) is 18.8. The molecule has 0 N–H and O–H groups in total. The number of nitrogens with zero attached hydrogens (tertiary/aromatic N) is 2. The number of para-hydroxylation sites is 1. The fourth-order valence-electron chi connectivity index (χ4n) is 3.54. The fourth-order valence-corrected chi connectivity index (χ4v) is 5.01. The van der Waals surface area contributed by atoms with E-state index >= 15 is 0 Å². The molecule has 1 saturated heterocycles. The van der Waals surface area contributed by atoms with Crippen LogP contribution in [0.5, 0.6) is 0 Å². The highest BCUT2D eigenvalue weighted by molar-refractivity contribution is 7.89. The Kier molecular flexibility index (Phi) is 7.77. The number of hydrogen-bond donors (Lipinski definition) is 0. The molecule has 2 aromatic carbocycles. The molecule has 0 amide bonds. The zero-order chi connectivity index (χ0) is 24.0. The van der Waals surface area contributed by atoms with Crippen molar-refractivity contribution in [3.8, 4) is 0 Å². The van der Waals surface area contributed by atoms with Crippen molar-refractivity contribution >= 4 is 27.6 Å². The lowest BCUT2D eigenvalue weighted by atomic mass is 9.98. The van der Waals surface area contributed by atoms with Crippen molar-refractivity contribution in [2.24, 2.45) is 5.92 Å². The Morgan fingerprint density at radius 3 is 2.30 bits per heavy atom. The molecule has 0 bridgehead atoms. The van der Waals surface area contributed by atoms with Gasteiger partial charge in [0.2, 0.25) is 10.0 Å². The maximum absolute atomic E-state index is 12.9. The predicted molar refractivity (Wildman–Crippen MR) is 117 cm³/mol. The van der Waals surface area contributed by atoms with E-state index in [4.69, 9.17) is 9.47 Å². The zero-order valence-electron chi connectivity index (χ0n) is 18.0. The minimum absolute atomic E-state index is 0.0490. The number of benzene rings is 2. The Bertz CT molecular complexity index is 1120. The van der Waals surface area contributed by atoms with E-state index in [0.717, 1.165) is 0 Å². The summed E-state index contributed by atoms with van der Waals surface area (Å²) < 4.78 is 37.3. The van der Waals surface area contributed by atoms with Gasteiger partial charge < -0.3 is 9.47 Å². The van der Waals surface area contributed by atoms with Gasteiger partial charge in [0.15, 0.2) is 0 Å². The van der Waals surface area contributed by atoms with Crippen LogP contribution in [0.25, 0.3) is 0 Å². The van der Waals surface area contributed by atoms with Crippen LogP contribution in [0.4, 0.5) is 5.69 Å². The molecule has 2 aromatic rings. The molecule has 1 aliphatic heterocycles. The highest BCUT2D eigenvalue weighted by Crippen LogP contribution is 2.26. The molecule has 176 valence electrons. The summed E-state index contributed by atoms with van der Waals surface area (Å²) in [6.07, 6.45) is 0.547. The number of carbonyl (C=O) groups is 2. The van der Waals surface area contributed by atoms with Crippen LogP contribution < -0.4 is 0 Å². The van der Waals surface area contributed by atoms with Crippen molar-refractivity contribution in [1.29, 1.82) is 0 Å². The molecule has 1 aliphatic rings. The van der Waals surface area contributed by atoms with Gasteiger partial charge in [0, 0.05) is 19.2 Å². The normalized spacial score (nSPS) is 15.1. The summed E-state index contributed by atoms with van der Waals surface area (Å²) in [5.74, 6) is -1.53. The first-order valence-electron chi connectivity index (χ1n) is 10.4. The van der Waals surface area contributed by atoms with Crippen molar-refractivity contribution in [3.05, 3.63) is 69.8 Å². The molecule has 0 unspecified atom stereocenters. The molecular weight excluding hydrogens is 452 g/mol. The Morgan fingerprint density at radius 1 is 1.06 bits per heavy atom. The molecule has 3 rings (SSSR count). The lowest BCUT2D eigenvalue weighted by molar-refractivity contribution is -0.385. The predicted octanol–water partition coefficient (Wildman–Crippen LogP) is 2.92. The van der Waals surface area contributed by atoms with Gasteiger partial charge in [0.25, 0.3) is 5.69 Å². The van der Waals surface area contributed by atoms with Gasteiger partial charge >= 0.3 is 11.9 Å². The number of piperidine rings is 1. The molecule has 0 aliphatic carbocycles. The summed E-state index contributed by atoms with van der Waals surface area (Å²) in [6.45, 7) is 1.95. The quantitative estimate of drug-likeness (QED) is 0.323. The van der Waals surface area contributed by atoms with Crippen LogP contribution in [0.3, 0.4) is 0 Å². The minimum atomic E-state index is -3.78. The first-order valence-corrected chi connectivity index (χ1v) is 11.8. The van der Waals surface area contributed by atoms with Crippen LogP contribution in [0, 0.1) is 16.0 Å². The largest absolute Gasteiger partial charge is 0.462 e. The fraction of sp³-hybridized carbons (Fsp3) is 0.364. The average molecular weight is 477 g/mol. The third kappa shape index (κ3) is 5.74. The number of nitro benzene ring substituents is 1. The highest BCUT2D eigenvalue weighted by Gasteiger charge is 2.33. The van der Waals surface area contributed by atoms with E-state index in [1.165, 1.54) is 46.8 Å². The van der Waals surface area contributed by atoms with Crippen LogP contribution in [0.15, 0.2) is 53.4 Å². The molecule has 1 fully saturated rings. The molecule has 0 saturated carbocycles. The molecule has 0 aromatic heterocycles. The Labute approximate surface area is 191 Å². The molecule has 11 heteroatoms. The SMILES string of the molecule is CCOC(=O)c1ccc(S(=O)(=O)N2CCC(C(=O)OCc3ccccc3[N+](=O)[O-])CC2)cc1. The monoisotopic (exact) mass is 476 g/mol. The highest BCUT2D eigenvalue weighted by atomic mass is 32.2. The Morgan fingerprint density at radius 2 is 1.70 bits per heavy atom. The second-order valence-electron chi connectivity index (χ2n) is 7.42. The summed E-state index contributed by atoms with van der Waals surface area (Å²) in [7, 11) is -3.78. The van der Waals surface area contributed by atoms with Gasteiger partial charge in [-0.15, -0.1) is 0 Å². The van der Waals surface area contributed by atoms with E-state index in [2.05, 4.69) is 0 Å². The van der Waals surface area contributed by atoms with E-state index in [1.54, 1.807) is 13.0 Å². The third-order valence-electron chi connectivity index (χ3n) is 5.35. The van der Waals surface area contributed by atoms with Crippen LogP contribution >= 0.6 is 0 Å². The Balaban J connectivity index is 1.57. The lowest BCUT2D eigenvalue weighted by Gasteiger charge is -2.30. The van der Waals surface area contributed by atoms with Crippen LogP contribution in [-0.4, -0.2) is 49.3 Å². The Hall–Kier alpha value is -3.31. The van der Waals surface area contributed by atoms with Crippen LogP contribution in [0.2, 0.25) is 0 Å². The molecular formula is C22H24N2O8S. The lowest BCUT2D eigenvalue weighted by Crippen LogP contribution is -2.40. The minimum Gasteiger partial charge on any atom is -0.462 e. The van der Waals surface area contributed by atoms with Crippen molar-refractivity contribution in [2.75, 3.05) is 19.7 Å². The number of carbonyl (C=O) groups excluding carboxylic acids is 2. The van der Waals surface area contributed by atoms with E-state index in [1.807, 2.05) is 0 Å². The third-order valence-corrected chi connectivity index (χ3v) is 7.26. The number of ether oxygens (including phenoxy) is 2. The first-order chi connectivity index (χ1) is 15.7. The van der Waals surface area contributed by atoms with Gasteiger partial charge in [-0.25, -0.2) is 13.2 Å². The van der Waals surface area contributed by atoms with Gasteiger partial charge in [-0.3, -0.25) is 14.9 Å². The van der Waals surface area contributed by atoms with Gasteiger partial charge in [-0.2, -0.15) is 4.31 Å². The summed E-state index contributed by atoms with van der Waals surface area (Å²) in [5, 5.41) is 11.1. The topological polar surface area (TPSA) is 133 Å². The van der Waals surface area contributed by atoms with Gasteiger partial charge in [0.1, 0.15) is 6.61 Å².